The van der Waals surface area contributed by atoms with E-state index in [-0.39, 0.29) is 22.0 Å². The summed E-state index contributed by atoms with van der Waals surface area (Å²) >= 11 is 6.18. The molecule has 1 saturated heterocycles. The molecule has 2 aromatic carbocycles. The highest BCUT2D eigenvalue weighted by Gasteiger charge is 2.42. The van der Waals surface area contributed by atoms with E-state index in [9.17, 15) is 18.0 Å². The first kappa shape index (κ1) is 18.4. The van der Waals surface area contributed by atoms with Gasteiger partial charge in [-0.15, -0.1) is 0 Å². The van der Waals surface area contributed by atoms with Crippen molar-refractivity contribution in [3.05, 3.63) is 58.6 Å². The molecule has 2 amide bonds. The molecule has 1 heterocycles. The van der Waals surface area contributed by atoms with Crippen LogP contribution in [-0.2, 0) is 14.8 Å². The number of hydrogen-bond acceptors (Lipinski definition) is 4. The number of halogens is 1. The van der Waals surface area contributed by atoms with Crippen molar-refractivity contribution in [2.45, 2.75) is 13.8 Å². The van der Waals surface area contributed by atoms with Gasteiger partial charge in [-0.1, -0.05) is 36.2 Å². The molecular formula is C18H17ClN2O4S. The molecule has 3 rings (SSSR count). The number of benzene rings is 2. The predicted octanol–water partition coefficient (Wildman–Crippen LogP) is 3.21. The van der Waals surface area contributed by atoms with E-state index < -0.39 is 27.8 Å². The zero-order chi connectivity index (χ0) is 19.1. The Labute approximate surface area is 156 Å². The number of amides is 2. The predicted molar refractivity (Wildman–Crippen MR) is 101 cm³/mol. The molecule has 0 spiro atoms. The van der Waals surface area contributed by atoms with Crippen LogP contribution in [0.15, 0.2) is 42.5 Å². The molecule has 0 saturated carbocycles. The fourth-order valence-corrected chi connectivity index (χ4v) is 4.81. The van der Waals surface area contributed by atoms with Gasteiger partial charge in [0.15, 0.2) is 0 Å². The van der Waals surface area contributed by atoms with Crippen molar-refractivity contribution in [1.29, 1.82) is 0 Å². The summed E-state index contributed by atoms with van der Waals surface area (Å²) in [6.07, 6.45) is 0. The van der Waals surface area contributed by atoms with Crippen molar-refractivity contribution in [2.24, 2.45) is 5.92 Å². The molecule has 0 unspecified atom stereocenters. The molecule has 2 aromatic rings. The highest BCUT2D eigenvalue weighted by molar-refractivity contribution is 7.94. The van der Waals surface area contributed by atoms with Crippen LogP contribution in [0.3, 0.4) is 0 Å². The summed E-state index contributed by atoms with van der Waals surface area (Å²) in [5, 5.41) is 2.79. The fourth-order valence-electron chi connectivity index (χ4n) is 2.74. The van der Waals surface area contributed by atoms with Gasteiger partial charge >= 0.3 is 0 Å². The van der Waals surface area contributed by atoms with Gasteiger partial charge in [-0.2, -0.15) is 0 Å². The van der Waals surface area contributed by atoms with Gasteiger partial charge in [0.25, 0.3) is 5.91 Å². The molecular weight excluding hydrogens is 376 g/mol. The van der Waals surface area contributed by atoms with Gasteiger partial charge in [-0.05, 0) is 37.3 Å². The van der Waals surface area contributed by atoms with Crippen LogP contribution < -0.4 is 9.62 Å². The first-order chi connectivity index (χ1) is 12.2. The quantitative estimate of drug-likeness (QED) is 0.869. The minimum atomic E-state index is -3.72. The smallest absolute Gasteiger partial charge is 0.257 e. The van der Waals surface area contributed by atoms with Crippen LogP contribution in [0.4, 0.5) is 11.4 Å². The number of rotatable bonds is 3. The fraction of sp³-hybridized carbons (Fsp3) is 0.222. The van der Waals surface area contributed by atoms with Crippen molar-refractivity contribution in [3.8, 4) is 0 Å². The standard InChI is InChI=1S/C18H17ClN2O4S/c1-11-3-5-13(6-4-11)20-17(22)15-8-7-14(9-16(15)19)21-18(23)12(2)10-26(21,24)25/h3-9,12H,10H2,1-2H3,(H,20,22)/t12-/m0/s1. The van der Waals surface area contributed by atoms with E-state index in [1.807, 2.05) is 19.1 Å². The van der Waals surface area contributed by atoms with Crippen molar-refractivity contribution < 1.29 is 18.0 Å². The largest absolute Gasteiger partial charge is 0.322 e. The molecule has 1 aliphatic heterocycles. The van der Waals surface area contributed by atoms with Crippen molar-refractivity contribution >= 4 is 44.8 Å². The minimum Gasteiger partial charge on any atom is -0.322 e. The normalized spacial score (nSPS) is 18.8. The zero-order valence-electron chi connectivity index (χ0n) is 14.2. The van der Waals surface area contributed by atoms with Gasteiger partial charge in [-0.3, -0.25) is 9.59 Å². The summed E-state index contributed by atoms with van der Waals surface area (Å²) in [6.45, 7) is 3.50. The molecule has 8 heteroatoms. The summed E-state index contributed by atoms with van der Waals surface area (Å²) in [7, 11) is -3.72. The van der Waals surface area contributed by atoms with E-state index in [2.05, 4.69) is 5.32 Å². The molecule has 0 aliphatic carbocycles. The average Bonchev–Trinajstić information content (AvgIpc) is 2.77. The third-order valence-electron chi connectivity index (χ3n) is 4.10. The Kier molecular flexibility index (Phi) is 4.77. The third-order valence-corrected chi connectivity index (χ3v) is 6.28. The molecule has 0 bridgehead atoms. The van der Waals surface area contributed by atoms with Crippen molar-refractivity contribution in [2.75, 3.05) is 15.4 Å². The Morgan fingerprint density at radius 2 is 1.85 bits per heavy atom. The number of carbonyl (C=O) groups excluding carboxylic acids is 2. The maximum absolute atomic E-state index is 12.4. The number of carbonyl (C=O) groups is 2. The van der Waals surface area contributed by atoms with Crippen LogP contribution in [0.1, 0.15) is 22.8 Å². The van der Waals surface area contributed by atoms with E-state index >= 15 is 0 Å². The second-order valence-electron chi connectivity index (χ2n) is 6.27. The SMILES string of the molecule is Cc1ccc(NC(=O)c2ccc(N3C(=O)[C@@H](C)CS3(=O)=O)cc2Cl)cc1. The van der Waals surface area contributed by atoms with Gasteiger partial charge in [-0.25, -0.2) is 12.7 Å². The van der Waals surface area contributed by atoms with Crippen molar-refractivity contribution in [1.82, 2.24) is 0 Å². The molecule has 1 fully saturated rings. The lowest BCUT2D eigenvalue weighted by Gasteiger charge is -2.16. The number of aryl methyl sites for hydroxylation is 1. The Morgan fingerprint density at radius 3 is 2.38 bits per heavy atom. The molecule has 26 heavy (non-hydrogen) atoms. The maximum atomic E-state index is 12.4. The summed E-state index contributed by atoms with van der Waals surface area (Å²) in [4.78, 5) is 24.5. The summed E-state index contributed by atoms with van der Waals surface area (Å²) < 4.78 is 25.1. The highest BCUT2D eigenvalue weighted by atomic mass is 35.5. The molecule has 0 radical (unpaired) electrons. The van der Waals surface area contributed by atoms with E-state index in [4.69, 9.17) is 11.6 Å². The number of sulfonamides is 1. The van der Waals surface area contributed by atoms with E-state index in [0.29, 0.717) is 5.69 Å². The first-order valence-corrected chi connectivity index (χ1v) is 9.92. The van der Waals surface area contributed by atoms with Crippen LogP contribution in [-0.4, -0.2) is 26.0 Å². The summed E-state index contributed by atoms with van der Waals surface area (Å²) in [5.74, 6) is -1.77. The van der Waals surface area contributed by atoms with E-state index in [0.717, 1.165) is 9.87 Å². The third kappa shape index (κ3) is 3.45. The van der Waals surface area contributed by atoms with Gasteiger partial charge in [0.1, 0.15) is 0 Å². The zero-order valence-corrected chi connectivity index (χ0v) is 15.8. The van der Waals surface area contributed by atoms with E-state index in [1.165, 1.54) is 18.2 Å². The van der Waals surface area contributed by atoms with Gasteiger partial charge < -0.3 is 5.32 Å². The van der Waals surface area contributed by atoms with Crippen LogP contribution in [0.25, 0.3) is 0 Å². The molecule has 136 valence electrons. The van der Waals surface area contributed by atoms with Crippen LogP contribution in [0.2, 0.25) is 5.02 Å². The molecule has 1 N–H and O–H groups in total. The topological polar surface area (TPSA) is 83.6 Å². The lowest BCUT2D eigenvalue weighted by Crippen LogP contribution is -2.30. The average molecular weight is 393 g/mol. The van der Waals surface area contributed by atoms with Crippen LogP contribution in [0, 0.1) is 12.8 Å². The Bertz CT molecular complexity index is 987. The van der Waals surface area contributed by atoms with E-state index in [1.54, 1.807) is 19.1 Å². The Morgan fingerprint density at radius 1 is 1.19 bits per heavy atom. The molecule has 0 aromatic heterocycles. The van der Waals surface area contributed by atoms with Crippen LogP contribution in [0.5, 0.6) is 0 Å². The monoisotopic (exact) mass is 392 g/mol. The summed E-state index contributed by atoms with van der Waals surface area (Å²) in [5.41, 5.74) is 2.01. The highest BCUT2D eigenvalue weighted by Crippen LogP contribution is 2.31. The van der Waals surface area contributed by atoms with Crippen molar-refractivity contribution in [3.63, 3.8) is 0 Å². The van der Waals surface area contributed by atoms with Gasteiger partial charge in [0.05, 0.1) is 27.9 Å². The first-order valence-electron chi connectivity index (χ1n) is 7.93. The van der Waals surface area contributed by atoms with Gasteiger partial charge in [0.2, 0.25) is 15.9 Å². The number of anilines is 2. The minimum absolute atomic E-state index is 0.0645. The summed E-state index contributed by atoms with van der Waals surface area (Å²) in [6, 6.07) is 11.4. The number of nitrogens with one attached hydrogen (secondary N) is 1. The second kappa shape index (κ2) is 6.74. The lowest BCUT2D eigenvalue weighted by molar-refractivity contribution is -0.119. The Balaban J connectivity index is 1.87. The maximum Gasteiger partial charge on any atom is 0.257 e. The lowest BCUT2D eigenvalue weighted by atomic mass is 10.1. The molecule has 1 atom stereocenters. The van der Waals surface area contributed by atoms with Gasteiger partial charge in [0, 0.05) is 5.69 Å². The second-order valence-corrected chi connectivity index (χ2v) is 8.54. The Hall–Kier alpha value is -2.38. The number of nitrogens with zero attached hydrogens (tertiary/aromatic N) is 1. The molecule has 1 aliphatic rings. The molecule has 6 nitrogen and oxygen atoms in total. The van der Waals surface area contributed by atoms with Crippen LogP contribution >= 0.6 is 11.6 Å². The number of hydrogen-bond donors (Lipinski definition) is 1.